The fourth-order valence-corrected chi connectivity index (χ4v) is 2.94. The Labute approximate surface area is 135 Å². The van der Waals surface area contributed by atoms with Crippen LogP contribution in [0, 0.1) is 6.92 Å². The Morgan fingerprint density at radius 2 is 2.17 bits per heavy atom. The Balaban J connectivity index is 1.82. The second-order valence-corrected chi connectivity index (χ2v) is 6.01. The lowest BCUT2D eigenvalue weighted by molar-refractivity contribution is 0.0779. The monoisotopic (exact) mass is 315 g/mol. The number of carbonyl (C=O) groups excluding carboxylic acids is 1. The summed E-state index contributed by atoms with van der Waals surface area (Å²) >= 11 is 0. The van der Waals surface area contributed by atoms with Crippen LogP contribution >= 0.6 is 0 Å². The third-order valence-electron chi connectivity index (χ3n) is 4.17. The number of imidazole rings is 1. The fourth-order valence-electron chi connectivity index (χ4n) is 2.94. The van der Waals surface area contributed by atoms with Crippen molar-refractivity contribution >= 4 is 5.91 Å². The molecule has 0 aliphatic carbocycles. The first-order valence-corrected chi connectivity index (χ1v) is 7.53. The van der Waals surface area contributed by atoms with E-state index in [4.69, 9.17) is 10.5 Å². The van der Waals surface area contributed by atoms with Crippen molar-refractivity contribution in [2.75, 3.05) is 20.2 Å². The van der Waals surface area contributed by atoms with Crippen molar-refractivity contribution in [1.29, 1.82) is 0 Å². The molecule has 2 aromatic rings. The molecule has 0 spiro atoms. The average molecular weight is 315 g/mol. The summed E-state index contributed by atoms with van der Waals surface area (Å²) in [5.74, 6) is 0.372. The SMILES string of the molecule is COc1cc(C)cnc1C(=O)N1C[C@@H](N)[C@H](c2cn(C)cn2)C1. The minimum absolute atomic E-state index is 0.0385. The molecule has 2 atom stereocenters. The van der Waals surface area contributed by atoms with Gasteiger partial charge in [-0.1, -0.05) is 0 Å². The first-order chi connectivity index (χ1) is 11.0. The molecule has 1 aliphatic heterocycles. The van der Waals surface area contributed by atoms with Crippen molar-refractivity contribution in [1.82, 2.24) is 19.4 Å². The second kappa shape index (κ2) is 6.00. The minimum atomic E-state index is -0.157. The highest BCUT2D eigenvalue weighted by Gasteiger charge is 2.36. The van der Waals surface area contributed by atoms with Gasteiger partial charge in [0.05, 0.1) is 19.1 Å². The molecule has 0 bridgehead atoms. The van der Waals surface area contributed by atoms with E-state index in [1.165, 1.54) is 0 Å². The van der Waals surface area contributed by atoms with E-state index in [9.17, 15) is 4.79 Å². The number of nitrogens with zero attached hydrogens (tertiary/aromatic N) is 4. The van der Waals surface area contributed by atoms with Crippen LogP contribution in [0.1, 0.15) is 27.7 Å². The molecule has 23 heavy (non-hydrogen) atoms. The quantitative estimate of drug-likeness (QED) is 0.901. The van der Waals surface area contributed by atoms with Crippen molar-refractivity contribution in [2.24, 2.45) is 12.8 Å². The van der Waals surface area contributed by atoms with E-state index >= 15 is 0 Å². The van der Waals surface area contributed by atoms with Crippen LogP contribution in [-0.4, -0.2) is 51.6 Å². The minimum Gasteiger partial charge on any atom is -0.494 e. The van der Waals surface area contributed by atoms with Gasteiger partial charge in [0.25, 0.3) is 5.91 Å². The Morgan fingerprint density at radius 3 is 2.83 bits per heavy atom. The normalized spacial score (nSPS) is 20.8. The summed E-state index contributed by atoms with van der Waals surface area (Å²) in [5, 5.41) is 0. The molecule has 7 heteroatoms. The van der Waals surface area contributed by atoms with E-state index < -0.39 is 0 Å². The van der Waals surface area contributed by atoms with Crippen LogP contribution < -0.4 is 10.5 Å². The number of pyridine rings is 1. The third kappa shape index (κ3) is 2.92. The van der Waals surface area contributed by atoms with E-state index in [1.807, 2.05) is 30.8 Å². The zero-order valence-electron chi connectivity index (χ0n) is 13.6. The van der Waals surface area contributed by atoms with Gasteiger partial charge in [0.1, 0.15) is 5.75 Å². The predicted molar refractivity (Wildman–Crippen MR) is 85.4 cm³/mol. The number of hydrogen-bond acceptors (Lipinski definition) is 5. The van der Waals surface area contributed by atoms with Gasteiger partial charge in [0.15, 0.2) is 5.69 Å². The molecule has 1 aliphatic rings. The maximum Gasteiger partial charge on any atom is 0.276 e. The zero-order chi connectivity index (χ0) is 16.6. The maximum atomic E-state index is 12.8. The lowest BCUT2D eigenvalue weighted by Crippen LogP contribution is -2.32. The van der Waals surface area contributed by atoms with Crippen molar-refractivity contribution in [3.63, 3.8) is 0 Å². The summed E-state index contributed by atoms with van der Waals surface area (Å²) in [4.78, 5) is 23.1. The summed E-state index contributed by atoms with van der Waals surface area (Å²) in [6.45, 7) is 2.93. The van der Waals surface area contributed by atoms with Crippen LogP contribution in [-0.2, 0) is 7.05 Å². The maximum absolute atomic E-state index is 12.8. The highest BCUT2D eigenvalue weighted by molar-refractivity contribution is 5.95. The Kier molecular flexibility index (Phi) is 4.04. The van der Waals surface area contributed by atoms with E-state index in [-0.39, 0.29) is 17.9 Å². The van der Waals surface area contributed by atoms with Crippen molar-refractivity contribution < 1.29 is 9.53 Å². The molecule has 1 fully saturated rings. The number of carbonyl (C=O) groups is 1. The standard InChI is InChI=1S/C16H21N5O2/c1-10-4-14(23-3)15(18-5-10)16(22)21-6-11(12(17)7-21)13-8-20(2)9-19-13/h4-5,8-9,11-12H,6-7,17H2,1-3H3/t11-,12-/m1/s1. The number of aryl methyl sites for hydroxylation is 2. The zero-order valence-corrected chi connectivity index (χ0v) is 13.6. The molecule has 2 aromatic heterocycles. The molecule has 0 saturated carbocycles. The van der Waals surface area contributed by atoms with Gasteiger partial charge < -0.3 is 19.9 Å². The van der Waals surface area contributed by atoms with E-state index in [2.05, 4.69) is 9.97 Å². The summed E-state index contributed by atoms with van der Waals surface area (Å²) in [6.07, 6.45) is 5.36. The number of ether oxygens (including phenoxy) is 1. The van der Waals surface area contributed by atoms with E-state index in [0.717, 1.165) is 11.3 Å². The molecule has 122 valence electrons. The van der Waals surface area contributed by atoms with Gasteiger partial charge in [-0.3, -0.25) is 4.79 Å². The largest absolute Gasteiger partial charge is 0.494 e. The molecule has 2 N–H and O–H groups in total. The number of hydrogen-bond donors (Lipinski definition) is 1. The molecule has 0 unspecified atom stereocenters. The molecule has 0 aromatic carbocycles. The molecule has 3 heterocycles. The van der Waals surface area contributed by atoms with Crippen LogP contribution in [0.25, 0.3) is 0 Å². The van der Waals surface area contributed by atoms with Gasteiger partial charge >= 0.3 is 0 Å². The topological polar surface area (TPSA) is 86.3 Å². The Morgan fingerprint density at radius 1 is 1.39 bits per heavy atom. The van der Waals surface area contributed by atoms with Crippen LogP contribution in [0.5, 0.6) is 5.75 Å². The molecular formula is C16H21N5O2. The van der Waals surface area contributed by atoms with Gasteiger partial charge in [-0.25, -0.2) is 9.97 Å². The highest BCUT2D eigenvalue weighted by Crippen LogP contribution is 2.28. The molecule has 1 amide bonds. The molecule has 1 saturated heterocycles. The number of rotatable bonds is 3. The Bertz CT molecular complexity index is 727. The van der Waals surface area contributed by atoms with Gasteiger partial charge in [-0.15, -0.1) is 0 Å². The summed E-state index contributed by atoms with van der Waals surface area (Å²) < 4.78 is 7.18. The number of amides is 1. The number of aromatic nitrogens is 3. The van der Waals surface area contributed by atoms with Crippen molar-refractivity contribution in [2.45, 2.75) is 18.9 Å². The number of methoxy groups -OCH3 is 1. The number of nitrogens with two attached hydrogens (primary N) is 1. The summed E-state index contributed by atoms with van der Waals surface area (Å²) in [5.41, 5.74) is 8.42. The van der Waals surface area contributed by atoms with Crippen LogP contribution in [0.2, 0.25) is 0 Å². The second-order valence-electron chi connectivity index (χ2n) is 6.01. The Hall–Kier alpha value is -2.41. The smallest absolute Gasteiger partial charge is 0.276 e. The first kappa shape index (κ1) is 15.5. The van der Waals surface area contributed by atoms with Crippen LogP contribution in [0.4, 0.5) is 0 Å². The van der Waals surface area contributed by atoms with E-state index in [0.29, 0.717) is 24.5 Å². The van der Waals surface area contributed by atoms with E-state index in [1.54, 1.807) is 24.5 Å². The van der Waals surface area contributed by atoms with Crippen LogP contribution in [0.15, 0.2) is 24.8 Å². The average Bonchev–Trinajstić information content (AvgIpc) is 3.12. The lowest BCUT2D eigenvalue weighted by atomic mass is 10.0. The van der Waals surface area contributed by atoms with Gasteiger partial charge in [0.2, 0.25) is 0 Å². The summed E-state index contributed by atoms with van der Waals surface area (Å²) in [7, 11) is 3.46. The van der Waals surface area contributed by atoms with Crippen LogP contribution in [0.3, 0.4) is 0 Å². The molecule has 3 rings (SSSR count). The van der Waals surface area contributed by atoms with Gasteiger partial charge in [-0.2, -0.15) is 0 Å². The van der Waals surface area contributed by atoms with Crippen molar-refractivity contribution in [3.8, 4) is 5.75 Å². The third-order valence-corrected chi connectivity index (χ3v) is 4.17. The first-order valence-electron chi connectivity index (χ1n) is 7.53. The van der Waals surface area contributed by atoms with Gasteiger partial charge in [0, 0.05) is 44.5 Å². The summed E-state index contributed by atoms with van der Waals surface area (Å²) in [6, 6.07) is 1.68. The van der Waals surface area contributed by atoms with Crippen molar-refractivity contribution in [3.05, 3.63) is 41.7 Å². The molecular weight excluding hydrogens is 294 g/mol. The fraction of sp³-hybridized carbons (Fsp3) is 0.438. The van der Waals surface area contributed by atoms with Gasteiger partial charge in [-0.05, 0) is 18.6 Å². The lowest BCUT2D eigenvalue weighted by Gasteiger charge is -2.17. The molecule has 0 radical (unpaired) electrons. The molecule has 7 nitrogen and oxygen atoms in total. The predicted octanol–water partition coefficient (Wildman–Crippen LogP) is 0.699. The number of likely N-dealkylation sites (tertiary alicyclic amines) is 1. The highest BCUT2D eigenvalue weighted by atomic mass is 16.5.